The Morgan fingerprint density at radius 3 is 2.64 bits per heavy atom. The Labute approximate surface area is 168 Å². The van der Waals surface area contributed by atoms with E-state index in [0.29, 0.717) is 5.89 Å². The Kier molecular flexibility index (Phi) is 5.76. The molecule has 0 saturated heterocycles. The van der Waals surface area contributed by atoms with E-state index >= 15 is 0 Å². The van der Waals surface area contributed by atoms with Gasteiger partial charge in [-0.1, -0.05) is 30.2 Å². The highest BCUT2D eigenvalue weighted by Gasteiger charge is 2.15. The van der Waals surface area contributed by atoms with Crippen molar-refractivity contribution in [3.05, 3.63) is 59.2 Å². The molecule has 144 valence electrons. The van der Waals surface area contributed by atoms with E-state index in [1.165, 1.54) is 28.9 Å². The van der Waals surface area contributed by atoms with Gasteiger partial charge in [0.25, 0.3) is 0 Å². The first-order valence-corrected chi connectivity index (χ1v) is 10.7. The van der Waals surface area contributed by atoms with Gasteiger partial charge in [0.15, 0.2) is 0 Å². The van der Waals surface area contributed by atoms with Crippen LogP contribution in [0.1, 0.15) is 36.5 Å². The Balaban J connectivity index is 1.39. The quantitative estimate of drug-likeness (QED) is 0.603. The van der Waals surface area contributed by atoms with Crippen LogP contribution in [0.2, 0.25) is 0 Å². The molecule has 1 heterocycles. The fraction of sp³-hybridized carbons (Fsp3) is 0.318. The van der Waals surface area contributed by atoms with Gasteiger partial charge in [-0.15, -0.1) is 16.9 Å². The number of aromatic nitrogens is 2. The number of thioether (sulfide) groups is 1. The van der Waals surface area contributed by atoms with Crippen LogP contribution < -0.4 is 5.32 Å². The van der Waals surface area contributed by atoms with Crippen LogP contribution >= 0.6 is 11.8 Å². The van der Waals surface area contributed by atoms with Gasteiger partial charge in [0.1, 0.15) is 0 Å². The summed E-state index contributed by atoms with van der Waals surface area (Å²) < 4.78 is 5.66. The van der Waals surface area contributed by atoms with E-state index in [2.05, 4.69) is 34.6 Å². The second-order valence-electron chi connectivity index (χ2n) is 6.90. The molecular weight excluding hydrogens is 370 g/mol. The minimum Gasteiger partial charge on any atom is -0.403 e. The van der Waals surface area contributed by atoms with E-state index in [9.17, 15) is 4.79 Å². The number of hydrogen-bond acceptors (Lipinski definition) is 5. The first-order valence-electron chi connectivity index (χ1n) is 9.68. The molecular formula is C22H23N3O2S. The predicted octanol–water partition coefficient (Wildman–Crippen LogP) is 4.91. The zero-order valence-corrected chi connectivity index (χ0v) is 16.7. The van der Waals surface area contributed by atoms with Gasteiger partial charge in [-0.3, -0.25) is 10.1 Å². The van der Waals surface area contributed by atoms with Crippen molar-refractivity contribution in [1.29, 1.82) is 0 Å². The fourth-order valence-corrected chi connectivity index (χ4v) is 4.14. The molecule has 1 aromatic heterocycles. The smallest absolute Gasteiger partial charge is 0.322 e. The Bertz CT molecular complexity index is 966. The molecule has 3 aromatic rings. The highest BCUT2D eigenvalue weighted by Crippen LogP contribution is 2.27. The normalized spacial score (nSPS) is 13.2. The maximum atomic E-state index is 12.3. The van der Waals surface area contributed by atoms with Crippen LogP contribution in [0.15, 0.2) is 51.8 Å². The van der Waals surface area contributed by atoms with Crippen LogP contribution in [0.4, 0.5) is 6.01 Å². The van der Waals surface area contributed by atoms with E-state index in [-0.39, 0.29) is 18.3 Å². The van der Waals surface area contributed by atoms with Crippen LogP contribution in [0, 0.1) is 0 Å². The molecule has 0 aliphatic heterocycles. The lowest BCUT2D eigenvalue weighted by molar-refractivity contribution is -0.115. The summed E-state index contributed by atoms with van der Waals surface area (Å²) >= 11 is 1.78. The Morgan fingerprint density at radius 1 is 1.07 bits per heavy atom. The number of nitrogens with zero attached hydrogens (tertiary/aromatic N) is 2. The van der Waals surface area contributed by atoms with Gasteiger partial charge in [-0.05, 0) is 72.4 Å². The van der Waals surface area contributed by atoms with Gasteiger partial charge in [0.2, 0.25) is 11.8 Å². The molecule has 0 saturated carbocycles. The molecule has 6 heteroatoms. The minimum absolute atomic E-state index is 0.135. The number of anilines is 1. The van der Waals surface area contributed by atoms with Gasteiger partial charge in [0, 0.05) is 10.5 Å². The SMILES string of the molecule is CCSc1ccc(CC(=O)Nc2nnc(-c3ccc4c(c3)CCCC4)o2)cc1. The zero-order valence-electron chi connectivity index (χ0n) is 15.9. The molecule has 0 unspecified atom stereocenters. The van der Waals surface area contributed by atoms with Crippen molar-refractivity contribution >= 4 is 23.7 Å². The molecule has 1 amide bonds. The second kappa shape index (κ2) is 8.61. The molecule has 1 aliphatic carbocycles. The van der Waals surface area contributed by atoms with Crippen molar-refractivity contribution in [2.24, 2.45) is 0 Å². The minimum atomic E-state index is -0.170. The van der Waals surface area contributed by atoms with Gasteiger partial charge in [-0.25, -0.2) is 0 Å². The van der Waals surface area contributed by atoms with Crippen molar-refractivity contribution in [2.75, 3.05) is 11.1 Å². The molecule has 0 spiro atoms. The third-order valence-corrected chi connectivity index (χ3v) is 5.76. The molecule has 2 aromatic carbocycles. The summed E-state index contributed by atoms with van der Waals surface area (Å²) in [6, 6.07) is 14.5. The van der Waals surface area contributed by atoms with Gasteiger partial charge >= 0.3 is 6.01 Å². The maximum Gasteiger partial charge on any atom is 0.322 e. The van der Waals surface area contributed by atoms with Crippen LogP contribution in [0.3, 0.4) is 0 Å². The fourth-order valence-electron chi connectivity index (χ4n) is 3.48. The number of benzene rings is 2. The van der Waals surface area contributed by atoms with Crippen LogP contribution in [-0.4, -0.2) is 21.9 Å². The third kappa shape index (κ3) is 4.44. The molecule has 0 bridgehead atoms. The highest BCUT2D eigenvalue weighted by atomic mass is 32.2. The van der Waals surface area contributed by atoms with E-state index in [1.54, 1.807) is 11.8 Å². The average molecular weight is 394 g/mol. The Hall–Kier alpha value is -2.60. The first kappa shape index (κ1) is 18.7. The number of amides is 1. The standard InChI is InChI=1S/C22H23N3O2S/c1-2-28-19-11-7-15(8-12-19)13-20(26)23-22-25-24-21(27-22)18-10-9-16-5-3-4-6-17(16)14-18/h7-12,14H,2-6,13H2,1H3,(H,23,25,26). The van der Waals surface area contributed by atoms with Crippen LogP contribution in [0.25, 0.3) is 11.5 Å². The van der Waals surface area contributed by atoms with Crippen LogP contribution in [0.5, 0.6) is 0 Å². The van der Waals surface area contributed by atoms with Crippen LogP contribution in [-0.2, 0) is 24.1 Å². The second-order valence-corrected chi connectivity index (χ2v) is 8.24. The number of aryl methyl sites for hydroxylation is 2. The number of carbonyl (C=O) groups is 1. The Morgan fingerprint density at radius 2 is 1.86 bits per heavy atom. The molecule has 4 rings (SSSR count). The van der Waals surface area contributed by atoms with Crippen molar-refractivity contribution in [3.8, 4) is 11.5 Å². The largest absolute Gasteiger partial charge is 0.403 e. The first-order chi connectivity index (χ1) is 13.7. The van der Waals surface area contributed by atoms with Crippen molar-refractivity contribution in [3.63, 3.8) is 0 Å². The lowest BCUT2D eigenvalue weighted by Gasteiger charge is -2.15. The number of fused-ring (bicyclic) bond motifs is 1. The molecule has 1 N–H and O–H groups in total. The predicted molar refractivity (Wildman–Crippen MR) is 112 cm³/mol. The number of rotatable bonds is 6. The summed E-state index contributed by atoms with van der Waals surface area (Å²) in [4.78, 5) is 13.5. The lowest BCUT2D eigenvalue weighted by atomic mass is 9.90. The van der Waals surface area contributed by atoms with Crippen molar-refractivity contribution < 1.29 is 9.21 Å². The molecule has 0 fully saturated rings. The number of carbonyl (C=O) groups excluding carboxylic acids is 1. The van der Waals surface area contributed by atoms with E-state index in [1.807, 2.05) is 30.3 Å². The highest BCUT2D eigenvalue weighted by molar-refractivity contribution is 7.99. The maximum absolute atomic E-state index is 12.3. The zero-order chi connectivity index (χ0) is 19.3. The molecule has 0 radical (unpaired) electrons. The van der Waals surface area contributed by atoms with Gasteiger partial charge < -0.3 is 4.42 Å². The summed E-state index contributed by atoms with van der Waals surface area (Å²) in [5.74, 6) is 1.30. The van der Waals surface area contributed by atoms with Crippen molar-refractivity contribution in [2.45, 2.75) is 43.9 Å². The molecule has 0 atom stereocenters. The number of hydrogen-bond donors (Lipinski definition) is 1. The topological polar surface area (TPSA) is 68.0 Å². The molecule has 1 aliphatic rings. The lowest BCUT2D eigenvalue weighted by Crippen LogP contribution is -2.14. The average Bonchev–Trinajstić information content (AvgIpc) is 3.17. The molecule has 28 heavy (non-hydrogen) atoms. The summed E-state index contributed by atoms with van der Waals surface area (Å²) in [5, 5.41) is 10.8. The molecule has 5 nitrogen and oxygen atoms in total. The van der Waals surface area contributed by atoms with Crippen molar-refractivity contribution in [1.82, 2.24) is 10.2 Å². The monoisotopic (exact) mass is 393 g/mol. The van der Waals surface area contributed by atoms with E-state index in [0.717, 1.165) is 29.7 Å². The van der Waals surface area contributed by atoms with Gasteiger partial charge in [-0.2, -0.15) is 0 Å². The van der Waals surface area contributed by atoms with E-state index in [4.69, 9.17) is 4.42 Å². The summed E-state index contributed by atoms with van der Waals surface area (Å²) in [6.07, 6.45) is 4.98. The van der Waals surface area contributed by atoms with Gasteiger partial charge in [0.05, 0.1) is 6.42 Å². The summed E-state index contributed by atoms with van der Waals surface area (Å²) in [7, 11) is 0. The van der Waals surface area contributed by atoms with E-state index < -0.39 is 0 Å². The number of nitrogens with one attached hydrogen (secondary N) is 1. The third-order valence-electron chi connectivity index (χ3n) is 4.87. The summed E-state index contributed by atoms with van der Waals surface area (Å²) in [5.41, 5.74) is 4.62. The summed E-state index contributed by atoms with van der Waals surface area (Å²) in [6.45, 7) is 2.12.